The monoisotopic (exact) mass is 517 g/mol. The van der Waals surface area contributed by atoms with Crippen LogP contribution in [0.5, 0.6) is 0 Å². The molecule has 1 amide bonds. The fourth-order valence-electron chi connectivity index (χ4n) is 4.15. The maximum atomic E-state index is 13.6. The van der Waals surface area contributed by atoms with Crippen molar-refractivity contribution in [1.82, 2.24) is 10.2 Å². The average Bonchev–Trinajstić information content (AvgIpc) is 3.47. The molecule has 3 aromatic carbocycles. The molecule has 172 valence electrons. The molecule has 0 bridgehead atoms. The predicted molar refractivity (Wildman–Crippen MR) is 139 cm³/mol. The number of hydrogen-bond donors (Lipinski definition) is 0. The number of benzene rings is 3. The van der Waals surface area contributed by atoms with Crippen LogP contribution in [-0.4, -0.2) is 16.1 Å². The summed E-state index contributed by atoms with van der Waals surface area (Å²) in [6, 6.07) is 23.4. The third kappa shape index (κ3) is 3.93. The van der Waals surface area contributed by atoms with Crippen molar-refractivity contribution in [3.63, 3.8) is 0 Å². The van der Waals surface area contributed by atoms with Crippen LogP contribution < -0.4 is 10.3 Å². The summed E-state index contributed by atoms with van der Waals surface area (Å²) in [6.45, 7) is 0. The average molecular weight is 518 g/mol. The molecule has 0 saturated heterocycles. The van der Waals surface area contributed by atoms with Crippen LogP contribution >= 0.6 is 34.7 Å². The quantitative estimate of drug-likeness (QED) is 0.200. The van der Waals surface area contributed by atoms with E-state index < -0.39 is 11.9 Å². The first-order valence-corrected chi connectivity index (χ1v) is 12.9. The second-order valence-corrected chi connectivity index (χ2v) is 10.5. The van der Waals surface area contributed by atoms with E-state index in [9.17, 15) is 9.59 Å². The van der Waals surface area contributed by atoms with Crippen molar-refractivity contribution in [1.29, 1.82) is 0 Å². The molecule has 9 heteroatoms. The number of carbonyl (C=O) groups excluding carboxylic acids is 1. The van der Waals surface area contributed by atoms with Crippen LogP contribution in [0.25, 0.3) is 11.0 Å². The normalized spacial score (nSPS) is 15.1. The van der Waals surface area contributed by atoms with Gasteiger partial charge in [0, 0.05) is 10.8 Å². The summed E-state index contributed by atoms with van der Waals surface area (Å²) in [4.78, 5) is 28.7. The van der Waals surface area contributed by atoms with Gasteiger partial charge < -0.3 is 4.42 Å². The van der Waals surface area contributed by atoms with Gasteiger partial charge in [-0.3, -0.25) is 14.5 Å². The molecular weight excluding hydrogens is 502 g/mol. The third-order valence-electron chi connectivity index (χ3n) is 5.77. The van der Waals surface area contributed by atoms with Crippen molar-refractivity contribution >= 4 is 56.7 Å². The number of hydrogen-bond acceptors (Lipinski definition) is 7. The van der Waals surface area contributed by atoms with Gasteiger partial charge in [-0.05, 0) is 35.4 Å². The number of carbonyl (C=O) groups is 1. The number of para-hydroxylation sites is 1. The minimum absolute atomic E-state index is 0.0299. The van der Waals surface area contributed by atoms with Crippen LogP contribution in [0.3, 0.4) is 0 Å². The number of aromatic nitrogens is 2. The summed E-state index contributed by atoms with van der Waals surface area (Å²) < 4.78 is 6.70. The molecule has 0 fully saturated rings. The molecule has 1 aliphatic rings. The number of halogens is 1. The highest BCUT2D eigenvalue weighted by molar-refractivity contribution is 8.00. The molecule has 0 aliphatic carbocycles. The van der Waals surface area contributed by atoms with E-state index in [2.05, 4.69) is 10.2 Å². The van der Waals surface area contributed by atoms with Gasteiger partial charge in [0.05, 0.1) is 17.0 Å². The lowest BCUT2D eigenvalue weighted by Gasteiger charge is -2.22. The Labute approximate surface area is 213 Å². The number of fused-ring (bicyclic) bond motifs is 2. The van der Waals surface area contributed by atoms with Gasteiger partial charge in [-0.2, -0.15) is 0 Å². The summed E-state index contributed by atoms with van der Waals surface area (Å²) >= 11 is 8.97. The molecule has 0 radical (unpaired) electrons. The molecule has 3 heterocycles. The summed E-state index contributed by atoms with van der Waals surface area (Å²) in [5, 5.41) is 10.0. The zero-order valence-electron chi connectivity index (χ0n) is 18.1. The van der Waals surface area contributed by atoms with E-state index in [0.717, 1.165) is 15.7 Å². The number of nitrogens with zero attached hydrogens (tertiary/aromatic N) is 3. The Balaban J connectivity index is 1.44. The van der Waals surface area contributed by atoms with Crippen LogP contribution in [-0.2, 0) is 5.75 Å². The zero-order valence-corrected chi connectivity index (χ0v) is 20.4. The Bertz CT molecular complexity index is 1620. The van der Waals surface area contributed by atoms with E-state index in [-0.39, 0.29) is 11.2 Å². The van der Waals surface area contributed by atoms with E-state index in [0.29, 0.717) is 26.7 Å². The zero-order chi connectivity index (χ0) is 23.9. The fourth-order valence-corrected chi connectivity index (χ4v) is 6.10. The van der Waals surface area contributed by atoms with Gasteiger partial charge in [0.25, 0.3) is 5.91 Å². The van der Waals surface area contributed by atoms with E-state index in [1.807, 2.05) is 42.5 Å². The molecule has 0 N–H and O–H groups in total. The minimum Gasteiger partial charge on any atom is -0.450 e. The van der Waals surface area contributed by atoms with Crippen LogP contribution in [0.2, 0.25) is 5.02 Å². The van der Waals surface area contributed by atoms with Crippen LogP contribution in [0.4, 0.5) is 5.13 Å². The van der Waals surface area contributed by atoms with Crippen molar-refractivity contribution in [2.75, 3.05) is 4.90 Å². The number of anilines is 1. The second kappa shape index (κ2) is 8.96. The van der Waals surface area contributed by atoms with Crippen molar-refractivity contribution in [3.05, 3.63) is 117 Å². The standard InChI is InChI=1S/C26H16ClN3O3S2/c27-17-12-10-16(11-13-17)21-20-22(31)18-8-4-5-9-19(18)33-23(20)24(32)30(21)25-28-29-26(35-25)34-14-15-6-2-1-3-7-15/h1-13,21H,14H2. The fraction of sp³-hybridized carbons (Fsp3) is 0.0769. The van der Waals surface area contributed by atoms with E-state index >= 15 is 0 Å². The Kier molecular flexibility index (Phi) is 5.64. The van der Waals surface area contributed by atoms with Crippen LogP contribution in [0, 0.1) is 0 Å². The molecule has 0 spiro atoms. The topological polar surface area (TPSA) is 76.3 Å². The maximum absolute atomic E-state index is 13.6. The smallest absolute Gasteiger partial charge is 0.297 e. The SMILES string of the molecule is O=C1c2oc3ccccc3c(=O)c2C(c2ccc(Cl)cc2)N1c1nnc(SCc2ccccc2)s1. The minimum atomic E-state index is -0.699. The van der Waals surface area contributed by atoms with Crippen LogP contribution in [0.1, 0.15) is 33.3 Å². The lowest BCUT2D eigenvalue weighted by atomic mass is 9.99. The number of thioether (sulfide) groups is 1. The molecule has 1 atom stereocenters. The molecule has 1 aliphatic heterocycles. The van der Waals surface area contributed by atoms with Crippen molar-refractivity contribution < 1.29 is 9.21 Å². The number of amides is 1. The van der Waals surface area contributed by atoms with Gasteiger partial charge >= 0.3 is 0 Å². The third-order valence-corrected chi connectivity index (χ3v) is 8.15. The maximum Gasteiger partial charge on any atom is 0.297 e. The Morgan fingerprint density at radius 2 is 1.69 bits per heavy atom. The molecule has 5 aromatic rings. The Hall–Kier alpha value is -3.46. The van der Waals surface area contributed by atoms with Crippen LogP contribution in [0.15, 0.2) is 92.4 Å². The Morgan fingerprint density at radius 1 is 0.943 bits per heavy atom. The molecule has 35 heavy (non-hydrogen) atoms. The lowest BCUT2D eigenvalue weighted by Crippen LogP contribution is -2.29. The molecule has 2 aromatic heterocycles. The first-order valence-electron chi connectivity index (χ1n) is 10.7. The summed E-state index contributed by atoms with van der Waals surface area (Å²) in [5.74, 6) is 0.344. The molecule has 1 unspecified atom stereocenters. The largest absolute Gasteiger partial charge is 0.450 e. The highest BCUT2D eigenvalue weighted by Gasteiger charge is 2.45. The van der Waals surface area contributed by atoms with Gasteiger partial charge in [0.15, 0.2) is 9.77 Å². The summed E-state index contributed by atoms with van der Waals surface area (Å²) in [7, 11) is 0. The number of rotatable bonds is 5. The molecule has 6 nitrogen and oxygen atoms in total. The van der Waals surface area contributed by atoms with Gasteiger partial charge in [-0.1, -0.05) is 89.3 Å². The van der Waals surface area contributed by atoms with Crippen molar-refractivity contribution in [2.24, 2.45) is 0 Å². The summed E-state index contributed by atoms with van der Waals surface area (Å²) in [5.41, 5.74) is 2.33. The Morgan fingerprint density at radius 3 is 2.49 bits per heavy atom. The first kappa shape index (κ1) is 22.0. The van der Waals surface area contributed by atoms with Gasteiger partial charge in [0.1, 0.15) is 5.58 Å². The molecule has 0 saturated carbocycles. The van der Waals surface area contributed by atoms with Gasteiger partial charge in [-0.15, -0.1) is 10.2 Å². The highest BCUT2D eigenvalue weighted by Crippen LogP contribution is 2.43. The lowest BCUT2D eigenvalue weighted by molar-refractivity contribution is 0.0970. The first-order chi connectivity index (χ1) is 17.1. The van der Waals surface area contributed by atoms with E-state index in [1.165, 1.54) is 21.8 Å². The summed E-state index contributed by atoms with van der Waals surface area (Å²) in [6.07, 6.45) is 0. The van der Waals surface area contributed by atoms with Gasteiger partial charge in [-0.25, -0.2) is 0 Å². The highest BCUT2D eigenvalue weighted by atomic mass is 35.5. The van der Waals surface area contributed by atoms with Crippen molar-refractivity contribution in [3.8, 4) is 0 Å². The molecule has 6 rings (SSSR count). The predicted octanol–water partition coefficient (Wildman–Crippen LogP) is 6.34. The van der Waals surface area contributed by atoms with Gasteiger partial charge in [0.2, 0.25) is 10.9 Å². The van der Waals surface area contributed by atoms with E-state index in [4.69, 9.17) is 16.0 Å². The van der Waals surface area contributed by atoms with Crippen molar-refractivity contribution in [2.45, 2.75) is 16.1 Å². The second-order valence-electron chi connectivity index (χ2n) is 7.92. The van der Waals surface area contributed by atoms with E-state index in [1.54, 1.807) is 48.2 Å². The molecular formula is C26H16ClN3O3S2.